The monoisotopic (exact) mass is 744 g/mol. The van der Waals surface area contributed by atoms with Gasteiger partial charge in [-0.15, -0.1) is 0 Å². The van der Waals surface area contributed by atoms with Crippen LogP contribution in [-0.4, -0.2) is 97.5 Å². The lowest BCUT2D eigenvalue weighted by molar-refractivity contribution is -0.301. The van der Waals surface area contributed by atoms with E-state index in [1.807, 2.05) is 6.92 Å². The quantitative estimate of drug-likeness (QED) is 0.0283. The van der Waals surface area contributed by atoms with Gasteiger partial charge in [0.2, 0.25) is 0 Å². The molecule has 12 nitrogen and oxygen atoms in total. The molecular weight excluding hydrogens is 680 g/mol. The minimum atomic E-state index is -5.05. The molecule has 0 spiro atoms. The predicted octanol–water partition coefficient (Wildman–Crippen LogP) is 6.23. The van der Waals surface area contributed by atoms with E-state index in [0.29, 0.717) is 13.0 Å². The Balaban J connectivity index is 2.28. The molecule has 0 bridgehead atoms. The molecule has 1 aliphatic rings. The van der Waals surface area contributed by atoms with Gasteiger partial charge in [0, 0.05) is 13.0 Å². The highest BCUT2D eigenvalue weighted by atomic mass is 32.3. The number of rotatable bonds is 30. The molecule has 51 heavy (non-hydrogen) atoms. The second-order valence-corrected chi connectivity index (χ2v) is 13.5. The van der Waals surface area contributed by atoms with E-state index in [1.165, 1.54) is 6.42 Å². The lowest BCUT2D eigenvalue weighted by Crippen LogP contribution is -2.60. The third kappa shape index (κ3) is 24.6. The predicted molar refractivity (Wildman–Crippen MR) is 197 cm³/mol. The Kier molecular flexibility index (Phi) is 27.8. The fourth-order valence-electron chi connectivity index (χ4n) is 5.09. The van der Waals surface area contributed by atoms with Crippen molar-refractivity contribution in [1.29, 1.82) is 0 Å². The Morgan fingerprint density at radius 1 is 0.765 bits per heavy atom. The highest BCUT2D eigenvalue weighted by Gasteiger charge is 2.48. The normalized spacial score (nSPS) is 22.4. The van der Waals surface area contributed by atoms with E-state index < -0.39 is 59.8 Å². The van der Waals surface area contributed by atoms with Crippen LogP contribution in [0.1, 0.15) is 110 Å². The third-order valence-electron chi connectivity index (χ3n) is 7.90. The first-order chi connectivity index (χ1) is 24.6. The number of unbranched alkanes of at least 4 members (excludes halogenated alkanes) is 7. The van der Waals surface area contributed by atoms with Crippen LogP contribution in [0.4, 0.5) is 0 Å². The van der Waals surface area contributed by atoms with Crippen molar-refractivity contribution in [3.63, 3.8) is 0 Å². The van der Waals surface area contributed by atoms with Gasteiger partial charge >= 0.3 is 16.4 Å². The van der Waals surface area contributed by atoms with Gasteiger partial charge < -0.3 is 34.3 Å². The number of esters is 1. The summed E-state index contributed by atoms with van der Waals surface area (Å²) in [6.07, 6.45) is 26.9. The van der Waals surface area contributed by atoms with Crippen molar-refractivity contribution in [1.82, 2.24) is 0 Å². The molecule has 1 fully saturated rings. The fourth-order valence-corrected chi connectivity index (χ4v) is 5.59. The number of hydrogen-bond donors (Lipinski definition) is 4. The molecular formula is C38H64O12S. The van der Waals surface area contributed by atoms with E-state index in [1.54, 1.807) is 0 Å². The second kappa shape index (κ2) is 30.3. The average Bonchev–Trinajstić information content (AvgIpc) is 3.10. The van der Waals surface area contributed by atoms with E-state index >= 15 is 0 Å². The molecule has 0 amide bonds. The molecule has 1 heterocycles. The van der Waals surface area contributed by atoms with Crippen molar-refractivity contribution < 1.29 is 56.2 Å². The zero-order valence-corrected chi connectivity index (χ0v) is 31.5. The van der Waals surface area contributed by atoms with Gasteiger partial charge in [-0.2, -0.15) is 8.42 Å². The summed E-state index contributed by atoms with van der Waals surface area (Å²) in [5, 5.41) is 30.2. The standard InChI is InChI=1S/C38H64O12S/c1-3-5-7-8-9-10-11-12-13-14-15-16-17-18-19-20-21-22-23-24-25-26-28-46-30-32(48-34(40)27-6-4-2)31-47-38-36(42)37(50-51(43,44)45)35(41)33(29-39)49-38/h5,7,9-10,12-13,15-16,18-19,32-33,35-39,41-42H,3-4,6,8,11,14,17,20-31H2,1-2H3,(H,43,44,45)/b7-5-,10-9-,13-12-,16-15-,19-18-. The summed E-state index contributed by atoms with van der Waals surface area (Å²) in [6.45, 7) is 3.52. The maximum absolute atomic E-state index is 12.3. The van der Waals surface area contributed by atoms with Gasteiger partial charge in [0.25, 0.3) is 0 Å². The van der Waals surface area contributed by atoms with Gasteiger partial charge in [0.1, 0.15) is 30.5 Å². The average molecular weight is 745 g/mol. The molecule has 1 saturated heterocycles. The number of ether oxygens (including phenoxy) is 4. The van der Waals surface area contributed by atoms with Gasteiger partial charge in [-0.05, 0) is 57.8 Å². The highest BCUT2D eigenvalue weighted by molar-refractivity contribution is 7.80. The SMILES string of the molecule is CC/C=C\C/C=C\C/C=C\C/C=C\C/C=C\CCCCCCCCOCC(COC1OC(CO)C(O)C(OS(=O)(=O)O)C1O)OC(=O)CCCC. The molecule has 0 saturated carbocycles. The first-order valence-electron chi connectivity index (χ1n) is 18.5. The topological polar surface area (TPSA) is 178 Å². The molecule has 0 aromatic rings. The molecule has 4 N–H and O–H groups in total. The van der Waals surface area contributed by atoms with E-state index in [9.17, 15) is 28.5 Å². The lowest BCUT2D eigenvalue weighted by atomic mass is 9.99. The van der Waals surface area contributed by atoms with Crippen molar-refractivity contribution >= 4 is 16.4 Å². The van der Waals surface area contributed by atoms with Crippen LogP contribution < -0.4 is 0 Å². The Hall–Kier alpha value is -2.20. The van der Waals surface area contributed by atoms with Crippen LogP contribution in [-0.2, 0) is 38.3 Å². The minimum absolute atomic E-state index is 0.0188. The Labute approximate surface area is 306 Å². The van der Waals surface area contributed by atoms with Crippen LogP contribution in [0.2, 0.25) is 0 Å². The van der Waals surface area contributed by atoms with E-state index in [-0.39, 0.29) is 19.6 Å². The molecule has 1 aliphatic heterocycles. The zero-order chi connectivity index (χ0) is 37.6. The molecule has 13 heteroatoms. The van der Waals surface area contributed by atoms with Gasteiger partial charge in [-0.1, -0.05) is 107 Å². The largest absolute Gasteiger partial charge is 0.457 e. The number of carbonyl (C=O) groups excluding carboxylic acids is 1. The molecule has 0 aromatic heterocycles. The third-order valence-corrected chi connectivity index (χ3v) is 8.37. The maximum Gasteiger partial charge on any atom is 0.397 e. The van der Waals surface area contributed by atoms with Gasteiger partial charge in [-0.25, -0.2) is 4.18 Å². The van der Waals surface area contributed by atoms with Crippen LogP contribution >= 0.6 is 0 Å². The Morgan fingerprint density at radius 2 is 1.33 bits per heavy atom. The number of allylic oxidation sites excluding steroid dienone is 10. The van der Waals surface area contributed by atoms with Crippen molar-refractivity contribution in [3.8, 4) is 0 Å². The summed E-state index contributed by atoms with van der Waals surface area (Å²) in [5.41, 5.74) is 0. The molecule has 6 unspecified atom stereocenters. The molecule has 6 atom stereocenters. The van der Waals surface area contributed by atoms with Gasteiger partial charge in [-0.3, -0.25) is 9.35 Å². The van der Waals surface area contributed by atoms with Crippen molar-refractivity contribution in [3.05, 3.63) is 60.8 Å². The summed E-state index contributed by atoms with van der Waals surface area (Å²) >= 11 is 0. The smallest absolute Gasteiger partial charge is 0.397 e. The summed E-state index contributed by atoms with van der Waals surface area (Å²) in [4.78, 5) is 12.3. The molecule has 1 rings (SSSR count). The highest BCUT2D eigenvalue weighted by Crippen LogP contribution is 2.26. The molecule has 0 aromatic carbocycles. The number of aliphatic hydroxyl groups is 3. The molecule has 0 radical (unpaired) electrons. The van der Waals surface area contributed by atoms with E-state index in [0.717, 1.165) is 77.0 Å². The van der Waals surface area contributed by atoms with Crippen LogP contribution in [0, 0.1) is 0 Å². The van der Waals surface area contributed by atoms with Crippen molar-refractivity contribution in [2.45, 2.75) is 147 Å². The van der Waals surface area contributed by atoms with Crippen LogP contribution in [0.5, 0.6) is 0 Å². The second-order valence-electron chi connectivity index (χ2n) is 12.4. The van der Waals surface area contributed by atoms with Crippen LogP contribution in [0.3, 0.4) is 0 Å². The summed E-state index contributed by atoms with van der Waals surface area (Å²) < 4.78 is 58.1. The van der Waals surface area contributed by atoms with Crippen LogP contribution in [0.25, 0.3) is 0 Å². The minimum Gasteiger partial charge on any atom is -0.457 e. The molecule has 0 aliphatic carbocycles. The van der Waals surface area contributed by atoms with Crippen LogP contribution in [0.15, 0.2) is 60.8 Å². The summed E-state index contributed by atoms with van der Waals surface area (Å²) in [6, 6.07) is 0. The fraction of sp³-hybridized carbons (Fsp3) is 0.711. The summed E-state index contributed by atoms with van der Waals surface area (Å²) in [7, 11) is -5.05. The number of hydrogen-bond acceptors (Lipinski definition) is 11. The summed E-state index contributed by atoms with van der Waals surface area (Å²) in [5.74, 6) is -0.444. The van der Waals surface area contributed by atoms with Gasteiger partial charge in [0.15, 0.2) is 6.29 Å². The van der Waals surface area contributed by atoms with Crippen molar-refractivity contribution in [2.24, 2.45) is 0 Å². The lowest BCUT2D eigenvalue weighted by Gasteiger charge is -2.41. The van der Waals surface area contributed by atoms with E-state index in [4.69, 9.17) is 23.5 Å². The number of aliphatic hydroxyl groups excluding tert-OH is 3. The van der Waals surface area contributed by atoms with E-state index in [2.05, 4.69) is 71.9 Å². The van der Waals surface area contributed by atoms with Gasteiger partial charge in [0.05, 0.1) is 19.8 Å². The molecule has 294 valence electrons. The first kappa shape index (κ1) is 46.8. The maximum atomic E-state index is 12.3. The number of carbonyl (C=O) groups is 1. The Bertz CT molecular complexity index is 1130. The Morgan fingerprint density at radius 3 is 1.90 bits per heavy atom. The first-order valence-corrected chi connectivity index (χ1v) is 19.9. The van der Waals surface area contributed by atoms with Crippen molar-refractivity contribution in [2.75, 3.05) is 26.4 Å². The zero-order valence-electron chi connectivity index (χ0n) is 30.6.